The third kappa shape index (κ3) is 12.3. The number of fused-ring (bicyclic) bond motifs is 6. The van der Waals surface area contributed by atoms with Gasteiger partial charge in [0.05, 0.1) is 47.8 Å². The molecule has 4 aromatic carbocycles. The molecule has 376 valence electrons. The number of carbonyl (C=O) groups is 1. The lowest BCUT2D eigenvalue weighted by Crippen LogP contribution is -2.32. The molecule has 0 amide bonds. The predicted molar refractivity (Wildman–Crippen MR) is 259 cm³/mol. The van der Waals surface area contributed by atoms with Crippen LogP contribution in [0.1, 0.15) is 82.8 Å². The number of methoxy groups -OCH3 is 2. The molecule has 0 radical (unpaired) electrons. The van der Waals surface area contributed by atoms with Crippen LogP contribution in [0, 0.1) is 0 Å². The van der Waals surface area contributed by atoms with E-state index in [1.807, 2.05) is 49.1 Å². The van der Waals surface area contributed by atoms with Gasteiger partial charge in [-0.1, -0.05) is 24.3 Å². The van der Waals surface area contributed by atoms with Gasteiger partial charge in [-0.25, -0.2) is 33.7 Å². The highest BCUT2D eigenvalue weighted by Gasteiger charge is 2.49. The lowest BCUT2D eigenvalue weighted by molar-refractivity contribution is -0.438. The zero-order valence-electron chi connectivity index (χ0n) is 39.0. The molecule has 2 heterocycles. The molecule has 2 atom stereocenters. The summed E-state index contributed by atoms with van der Waals surface area (Å²) in [5, 5.41) is 11.7. The van der Waals surface area contributed by atoms with Gasteiger partial charge in [0.1, 0.15) is 16.7 Å². The summed E-state index contributed by atoms with van der Waals surface area (Å²) in [7, 11) is -14.7. The lowest BCUT2D eigenvalue weighted by atomic mass is 9.74. The second kappa shape index (κ2) is 21.4. The van der Waals surface area contributed by atoms with Crippen molar-refractivity contribution in [1.82, 2.24) is 0 Å². The van der Waals surface area contributed by atoms with Gasteiger partial charge < -0.3 is 33.1 Å². The van der Waals surface area contributed by atoms with Gasteiger partial charge in [0.25, 0.3) is 0 Å². The van der Waals surface area contributed by atoms with Crippen LogP contribution in [0.3, 0.4) is 0 Å². The number of anilines is 1. The van der Waals surface area contributed by atoms with E-state index in [1.54, 1.807) is 43.5 Å². The van der Waals surface area contributed by atoms with Crippen molar-refractivity contribution < 1.29 is 71.3 Å². The normalized spacial score (nSPS) is 19.4. The van der Waals surface area contributed by atoms with Crippen molar-refractivity contribution in [2.75, 3.05) is 62.7 Å². The number of sulfone groups is 1. The number of carboxylic acid groups (broad SMARTS) is 1. The van der Waals surface area contributed by atoms with Gasteiger partial charge in [-0.15, -0.1) is 0 Å². The Morgan fingerprint density at radius 2 is 1.29 bits per heavy atom. The molecule has 2 unspecified atom stereocenters. The smallest absolute Gasteiger partial charge is 0.303 e. The molecule has 2 aliphatic rings. The molecular weight excluding hydrogens is 973 g/mol. The highest BCUT2D eigenvalue weighted by atomic mass is 32.2. The molecule has 0 spiro atoms. The molecule has 0 aliphatic carbocycles. The third-order valence-electron chi connectivity index (χ3n) is 13.2. The quantitative estimate of drug-likeness (QED) is 0.0438. The minimum absolute atomic E-state index is 0.0149. The van der Waals surface area contributed by atoms with Gasteiger partial charge >= 0.3 is 5.97 Å². The molecular formula is C48H58N2O15S4-2. The van der Waals surface area contributed by atoms with Crippen molar-refractivity contribution in [2.45, 2.75) is 92.3 Å². The highest BCUT2D eigenvalue weighted by molar-refractivity contribution is 7.91. The van der Waals surface area contributed by atoms with E-state index < -0.39 is 73.4 Å². The Labute approximate surface area is 404 Å². The molecule has 6 rings (SSSR count). The van der Waals surface area contributed by atoms with Crippen molar-refractivity contribution in [2.24, 2.45) is 0 Å². The molecule has 2 aliphatic heterocycles. The molecule has 4 aromatic rings. The van der Waals surface area contributed by atoms with E-state index in [-0.39, 0.29) is 56.0 Å². The maximum Gasteiger partial charge on any atom is 0.303 e. The number of hydrogen-bond donors (Lipinski definition) is 1. The van der Waals surface area contributed by atoms with Crippen molar-refractivity contribution in [3.63, 3.8) is 0 Å². The molecule has 0 saturated carbocycles. The Balaban J connectivity index is 1.55. The van der Waals surface area contributed by atoms with E-state index in [4.69, 9.17) is 9.47 Å². The van der Waals surface area contributed by atoms with Gasteiger partial charge in [0.15, 0.2) is 15.5 Å². The highest BCUT2D eigenvalue weighted by Crippen LogP contribution is 2.54. The molecule has 0 fully saturated rings. The van der Waals surface area contributed by atoms with E-state index >= 15 is 0 Å². The molecule has 17 nitrogen and oxygen atoms in total. The lowest BCUT2D eigenvalue weighted by Gasteiger charge is -2.31. The van der Waals surface area contributed by atoms with E-state index in [0.717, 1.165) is 17.0 Å². The summed E-state index contributed by atoms with van der Waals surface area (Å²) in [6.07, 6.45) is 7.73. The molecule has 1 N–H and O–H groups in total. The molecule has 69 heavy (non-hydrogen) atoms. The fourth-order valence-corrected chi connectivity index (χ4v) is 12.9. The number of benzene rings is 4. The van der Waals surface area contributed by atoms with Gasteiger partial charge in [0, 0.05) is 86.2 Å². The second-order valence-corrected chi connectivity index (χ2v) is 24.5. The van der Waals surface area contributed by atoms with Gasteiger partial charge in [-0.3, -0.25) is 4.79 Å². The average molecular weight is 1030 g/mol. The largest absolute Gasteiger partial charge is 0.748 e. The first-order valence-electron chi connectivity index (χ1n) is 22.6. The number of carboxylic acids is 1. The molecule has 21 heteroatoms. The van der Waals surface area contributed by atoms with E-state index in [0.29, 0.717) is 77.3 Å². The average Bonchev–Trinajstić information content (AvgIpc) is 3.64. The summed E-state index contributed by atoms with van der Waals surface area (Å²) in [6.45, 7) is 5.10. The van der Waals surface area contributed by atoms with Crippen LogP contribution in [-0.4, -0.2) is 126 Å². The maximum absolute atomic E-state index is 13.4. The Bertz CT molecular complexity index is 3170. The molecule has 0 bridgehead atoms. The fraction of sp³-hybridized carbons (Fsp3) is 0.458. The van der Waals surface area contributed by atoms with E-state index in [2.05, 4.69) is 4.58 Å². The van der Waals surface area contributed by atoms with Gasteiger partial charge in [-0.2, -0.15) is 4.58 Å². The van der Waals surface area contributed by atoms with Crippen LogP contribution >= 0.6 is 0 Å². The van der Waals surface area contributed by atoms with Crippen LogP contribution < -0.4 is 4.90 Å². The fourth-order valence-electron chi connectivity index (χ4n) is 10.1. The number of hydrogen-bond acceptors (Lipinski definition) is 15. The van der Waals surface area contributed by atoms with Crippen molar-refractivity contribution >= 4 is 84.8 Å². The van der Waals surface area contributed by atoms with Crippen LogP contribution in [0.25, 0.3) is 21.5 Å². The third-order valence-corrected chi connectivity index (χ3v) is 17.4. The summed E-state index contributed by atoms with van der Waals surface area (Å²) in [5.74, 6) is -2.32. The summed E-state index contributed by atoms with van der Waals surface area (Å²) in [5.41, 5.74) is 2.39. The van der Waals surface area contributed by atoms with E-state index in [1.165, 1.54) is 19.2 Å². The number of rotatable bonds is 25. The minimum atomic E-state index is -4.81. The second-order valence-electron chi connectivity index (χ2n) is 18.0. The number of unbranched alkanes of at least 4 members (excludes halogenated alkanes) is 2. The SMILES string of the molecule is COCCCS(=O)(=O)c1ccc2c3c(ccc2c1)[N+](CCCCCC(=O)O)=C(C=CC=C1N(CCOC)c2ccc4cc(S(=O)(=O)[O-])ccc4c2C1(C)CCCS(=O)(=O)[O-])C3(C)CCCS(=O)(=O)[O-]. The Morgan fingerprint density at radius 3 is 1.90 bits per heavy atom. The first-order valence-corrected chi connectivity index (χ1v) is 28.8. The van der Waals surface area contributed by atoms with Crippen LogP contribution in [0.15, 0.2) is 94.4 Å². The van der Waals surface area contributed by atoms with Crippen LogP contribution in [0.5, 0.6) is 0 Å². The monoisotopic (exact) mass is 1030 g/mol. The first kappa shape index (κ1) is 53.8. The summed E-state index contributed by atoms with van der Waals surface area (Å²) < 4.78 is 148. The zero-order valence-corrected chi connectivity index (χ0v) is 42.3. The number of nitrogens with zero attached hydrogens (tertiary/aromatic N) is 2. The summed E-state index contributed by atoms with van der Waals surface area (Å²) >= 11 is 0. The number of allylic oxidation sites excluding steroid dienone is 4. The van der Waals surface area contributed by atoms with Crippen LogP contribution in [0.4, 0.5) is 11.4 Å². The first-order chi connectivity index (χ1) is 32.3. The van der Waals surface area contributed by atoms with Crippen LogP contribution in [0.2, 0.25) is 0 Å². The topological polar surface area (TPSA) is 268 Å². The van der Waals surface area contributed by atoms with Crippen molar-refractivity contribution in [3.8, 4) is 0 Å². The van der Waals surface area contributed by atoms with Crippen molar-refractivity contribution in [1.29, 1.82) is 0 Å². The predicted octanol–water partition coefficient (Wildman–Crippen LogP) is 6.22. The number of ether oxygens (including phenoxy) is 2. The standard InChI is InChI=1S/C48H60N2O15S4/c1-47(23-9-30-67(55,56)57)42(49(25-7-5-6-14-44(51)52)40-21-15-34-32-36(17-19-38(34)45(40)47)66(53,54)29-11-27-64-3)12-8-13-43-48(2,24-10-31-68(58,59)60)46-39-20-18-37(69(61,62)63)33-35(39)16-22-41(46)50(43)26-28-65-4/h8,12-13,15-22,32-33H,5-7,9-11,14,23-31H2,1-4H3,(H3-,51,52,55,56,57,58,59,60,61,62,63)/p-2. The Morgan fingerprint density at radius 1 is 0.696 bits per heavy atom. The Kier molecular flexibility index (Phi) is 16.7. The number of aliphatic carboxylic acids is 1. The molecule has 0 saturated heterocycles. The summed E-state index contributed by atoms with van der Waals surface area (Å²) in [6, 6.07) is 16.2. The van der Waals surface area contributed by atoms with Crippen molar-refractivity contribution in [3.05, 3.63) is 95.7 Å². The maximum atomic E-state index is 13.4. The van der Waals surface area contributed by atoms with Crippen LogP contribution in [-0.2, 0) is 65.3 Å². The minimum Gasteiger partial charge on any atom is -0.748 e. The van der Waals surface area contributed by atoms with Gasteiger partial charge in [-0.05, 0) is 128 Å². The van der Waals surface area contributed by atoms with E-state index in [9.17, 15) is 57.2 Å². The summed E-state index contributed by atoms with van der Waals surface area (Å²) in [4.78, 5) is 13.1. The van der Waals surface area contributed by atoms with Gasteiger partial charge in [0.2, 0.25) is 5.69 Å². The Hall–Kier alpha value is -4.58. The zero-order chi connectivity index (χ0) is 50.6. The molecule has 0 aromatic heterocycles.